The molecule has 80 valence electrons. The Bertz CT molecular complexity index is 450. The molecule has 1 atom stereocenters. The molecule has 5 nitrogen and oxygen atoms in total. The first-order valence-electron chi connectivity index (χ1n) is 4.95. The molecule has 15 heavy (non-hydrogen) atoms. The third kappa shape index (κ3) is 1.78. The van der Waals surface area contributed by atoms with Crippen LogP contribution in [0.25, 0.3) is 5.65 Å². The molecular weight excluding hydrogens is 190 g/mol. The molecule has 0 aliphatic rings. The third-order valence-electron chi connectivity index (χ3n) is 2.61. The fourth-order valence-corrected chi connectivity index (χ4v) is 1.38. The van der Waals surface area contributed by atoms with Crippen LogP contribution in [0.1, 0.15) is 6.92 Å². The molecule has 5 heteroatoms. The molecule has 0 fully saturated rings. The van der Waals surface area contributed by atoms with Gasteiger partial charge in [-0.05, 0) is 13.0 Å². The van der Waals surface area contributed by atoms with Gasteiger partial charge in [-0.1, -0.05) is 0 Å². The van der Waals surface area contributed by atoms with Crippen molar-refractivity contribution < 1.29 is 0 Å². The monoisotopic (exact) mass is 205 g/mol. The molecule has 0 radical (unpaired) electrons. The Morgan fingerprint density at radius 2 is 2.33 bits per heavy atom. The second kappa shape index (κ2) is 3.86. The number of nitrogens with two attached hydrogens (primary N) is 1. The fourth-order valence-electron chi connectivity index (χ4n) is 1.38. The summed E-state index contributed by atoms with van der Waals surface area (Å²) in [6.07, 6.45) is 3.63. The minimum Gasteiger partial charge on any atom is -0.356 e. The van der Waals surface area contributed by atoms with Gasteiger partial charge in [0.1, 0.15) is 5.82 Å². The van der Waals surface area contributed by atoms with Crippen molar-refractivity contribution >= 4 is 11.5 Å². The smallest absolute Gasteiger partial charge is 0.157 e. The molecule has 2 heterocycles. The van der Waals surface area contributed by atoms with E-state index in [1.165, 1.54) is 0 Å². The predicted molar refractivity (Wildman–Crippen MR) is 59.9 cm³/mol. The number of hydrogen-bond acceptors (Lipinski definition) is 4. The van der Waals surface area contributed by atoms with Crippen molar-refractivity contribution in [3.63, 3.8) is 0 Å². The van der Waals surface area contributed by atoms with Gasteiger partial charge in [0.25, 0.3) is 0 Å². The number of nitrogens with zero attached hydrogens (tertiary/aromatic N) is 4. The lowest BCUT2D eigenvalue weighted by Gasteiger charge is -2.24. The maximum absolute atomic E-state index is 5.62. The third-order valence-corrected chi connectivity index (χ3v) is 2.61. The predicted octanol–water partition coefficient (Wildman–Crippen LogP) is 0.513. The summed E-state index contributed by atoms with van der Waals surface area (Å²) in [5, 5.41) is 4.10. The van der Waals surface area contributed by atoms with Crippen molar-refractivity contribution in [2.24, 2.45) is 5.73 Å². The molecule has 0 saturated carbocycles. The topological polar surface area (TPSA) is 59.5 Å². The van der Waals surface area contributed by atoms with E-state index in [0.717, 1.165) is 11.5 Å². The zero-order valence-corrected chi connectivity index (χ0v) is 8.96. The van der Waals surface area contributed by atoms with Crippen molar-refractivity contribution in [2.75, 3.05) is 18.5 Å². The maximum atomic E-state index is 5.62. The molecule has 0 amide bonds. The van der Waals surface area contributed by atoms with E-state index >= 15 is 0 Å². The van der Waals surface area contributed by atoms with E-state index in [0.29, 0.717) is 6.54 Å². The standard InChI is InChI=1S/C10H15N5/c1-8(7-11)14(2)9-4-6-15-10(13-9)3-5-12-15/h3-6,8H,7,11H2,1-2H3. The average Bonchev–Trinajstić information content (AvgIpc) is 2.73. The van der Waals surface area contributed by atoms with E-state index in [2.05, 4.69) is 21.9 Å². The number of rotatable bonds is 3. The van der Waals surface area contributed by atoms with Crippen LogP contribution in [0.15, 0.2) is 24.5 Å². The largest absolute Gasteiger partial charge is 0.356 e. The van der Waals surface area contributed by atoms with Gasteiger partial charge in [0.15, 0.2) is 5.65 Å². The molecule has 1 unspecified atom stereocenters. The van der Waals surface area contributed by atoms with Gasteiger partial charge in [0.2, 0.25) is 0 Å². The van der Waals surface area contributed by atoms with Crippen LogP contribution in [0.3, 0.4) is 0 Å². The van der Waals surface area contributed by atoms with Crippen molar-refractivity contribution in [1.82, 2.24) is 14.6 Å². The normalized spacial score (nSPS) is 13.0. The first-order valence-corrected chi connectivity index (χ1v) is 4.95. The van der Waals surface area contributed by atoms with Gasteiger partial charge in [0.05, 0.1) is 6.20 Å². The van der Waals surface area contributed by atoms with Gasteiger partial charge in [0, 0.05) is 31.9 Å². The van der Waals surface area contributed by atoms with Crippen LogP contribution >= 0.6 is 0 Å². The van der Waals surface area contributed by atoms with Crippen molar-refractivity contribution in [2.45, 2.75) is 13.0 Å². The summed E-state index contributed by atoms with van der Waals surface area (Å²) < 4.78 is 1.74. The number of likely N-dealkylation sites (N-methyl/N-ethyl adjacent to an activating group) is 1. The van der Waals surface area contributed by atoms with E-state index in [1.807, 2.05) is 25.4 Å². The number of hydrogen-bond donors (Lipinski definition) is 1. The quantitative estimate of drug-likeness (QED) is 0.793. The molecule has 2 aromatic heterocycles. The molecule has 0 aliphatic carbocycles. The van der Waals surface area contributed by atoms with Gasteiger partial charge in [-0.2, -0.15) is 5.10 Å². The lowest BCUT2D eigenvalue weighted by Crippen LogP contribution is -2.35. The Morgan fingerprint density at radius 3 is 3.07 bits per heavy atom. The van der Waals surface area contributed by atoms with Gasteiger partial charge in [-0.25, -0.2) is 9.50 Å². The SMILES string of the molecule is CC(CN)N(C)c1ccn2nccc2n1. The summed E-state index contributed by atoms with van der Waals surface area (Å²) in [6, 6.07) is 4.10. The van der Waals surface area contributed by atoms with Crippen molar-refractivity contribution in [1.29, 1.82) is 0 Å². The van der Waals surface area contributed by atoms with Crippen LogP contribution in [-0.4, -0.2) is 34.2 Å². The second-order valence-electron chi connectivity index (χ2n) is 3.62. The summed E-state index contributed by atoms with van der Waals surface area (Å²) in [5.74, 6) is 0.918. The molecule has 0 aliphatic heterocycles. The maximum Gasteiger partial charge on any atom is 0.157 e. The van der Waals surface area contributed by atoms with E-state index in [-0.39, 0.29) is 6.04 Å². The van der Waals surface area contributed by atoms with Gasteiger partial charge in [-0.15, -0.1) is 0 Å². The zero-order chi connectivity index (χ0) is 10.8. The molecule has 0 aromatic carbocycles. The minimum atomic E-state index is 0.280. The Hall–Kier alpha value is -1.62. The first-order chi connectivity index (χ1) is 7.22. The highest BCUT2D eigenvalue weighted by Gasteiger charge is 2.09. The molecular formula is C10H15N5. The summed E-state index contributed by atoms with van der Waals surface area (Å²) in [7, 11) is 1.99. The van der Waals surface area contributed by atoms with Crippen molar-refractivity contribution in [3.05, 3.63) is 24.5 Å². The molecule has 0 spiro atoms. The highest BCUT2D eigenvalue weighted by Crippen LogP contribution is 2.12. The van der Waals surface area contributed by atoms with E-state index < -0.39 is 0 Å². The molecule has 0 saturated heterocycles. The number of anilines is 1. The lowest BCUT2D eigenvalue weighted by molar-refractivity contribution is 0.686. The Kier molecular flexibility index (Phi) is 2.55. The number of aromatic nitrogens is 3. The number of fused-ring (bicyclic) bond motifs is 1. The van der Waals surface area contributed by atoms with Crippen molar-refractivity contribution in [3.8, 4) is 0 Å². The Labute approximate surface area is 88.5 Å². The lowest BCUT2D eigenvalue weighted by atomic mass is 10.3. The molecule has 0 bridgehead atoms. The summed E-state index contributed by atoms with van der Waals surface area (Å²) >= 11 is 0. The van der Waals surface area contributed by atoms with Crippen LogP contribution in [0.5, 0.6) is 0 Å². The Morgan fingerprint density at radius 1 is 1.53 bits per heavy atom. The summed E-state index contributed by atoms with van der Waals surface area (Å²) in [4.78, 5) is 6.54. The minimum absolute atomic E-state index is 0.280. The second-order valence-corrected chi connectivity index (χ2v) is 3.62. The summed E-state index contributed by atoms with van der Waals surface area (Å²) in [5.41, 5.74) is 6.47. The molecule has 2 N–H and O–H groups in total. The zero-order valence-electron chi connectivity index (χ0n) is 8.96. The highest BCUT2D eigenvalue weighted by molar-refractivity contribution is 5.47. The van der Waals surface area contributed by atoms with Crippen LogP contribution in [0.2, 0.25) is 0 Å². The van der Waals surface area contributed by atoms with Gasteiger partial charge >= 0.3 is 0 Å². The highest BCUT2D eigenvalue weighted by atomic mass is 15.3. The van der Waals surface area contributed by atoms with E-state index in [1.54, 1.807) is 10.7 Å². The van der Waals surface area contributed by atoms with Crippen LogP contribution < -0.4 is 10.6 Å². The fraction of sp³-hybridized carbons (Fsp3) is 0.400. The summed E-state index contributed by atoms with van der Waals surface area (Å²) in [6.45, 7) is 2.69. The van der Waals surface area contributed by atoms with Gasteiger partial charge in [-0.3, -0.25) is 0 Å². The van der Waals surface area contributed by atoms with E-state index in [4.69, 9.17) is 5.73 Å². The van der Waals surface area contributed by atoms with Gasteiger partial charge < -0.3 is 10.6 Å². The molecule has 2 aromatic rings. The van der Waals surface area contributed by atoms with E-state index in [9.17, 15) is 0 Å². The van der Waals surface area contributed by atoms with Crippen LogP contribution in [0.4, 0.5) is 5.82 Å². The van der Waals surface area contributed by atoms with Crippen LogP contribution in [-0.2, 0) is 0 Å². The first kappa shape index (κ1) is 9.92. The van der Waals surface area contributed by atoms with Crippen LogP contribution in [0, 0.1) is 0 Å². The molecule has 2 rings (SSSR count). The Balaban J connectivity index is 2.35. The average molecular weight is 205 g/mol.